The van der Waals surface area contributed by atoms with E-state index in [-0.39, 0.29) is 4.83 Å². The Morgan fingerprint density at radius 2 is 2.29 bits per heavy atom. The Hall–Kier alpha value is -0.0600. The summed E-state index contributed by atoms with van der Waals surface area (Å²) in [6, 6.07) is 6.04. The molecule has 0 aliphatic carbocycles. The fourth-order valence-electron chi connectivity index (χ4n) is 1.18. The third-order valence-corrected chi connectivity index (χ3v) is 5.37. The topological polar surface area (TPSA) is 13.1 Å². The molecule has 2 heterocycles. The van der Waals surface area contributed by atoms with Gasteiger partial charge in [-0.05, 0) is 46.6 Å². The molecule has 14 heavy (non-hydrogen) atoms. The van der Waals surface area contributed by atoms with Crippen LogP contribution in [0.2, 0.25) is 0 Å². The molecule has 0 amide bonds. The molecule has 2 aromatic rings. The standard InChI is InChI=1S/C10H8Br2OS/c1-6-5-8(14-10(6)12)9(11)7-3-2-4-13-7/h2-5,9H,1H3. The number of hydrogen-bond acceptors (Lipinski definition) is 2. The van der Waals surface area contributed by atoms with E-state index < -0.39 is 0 Å². The number of furan rings is 1. The highest BCUT2D eigenvalue weighted by molar-refractivity contribution is 9.11. The van der Waals surface area contributed by atoms with Crippen molar-refractivity contribution in [1.29, 1.82) is 0 Å². The average Bonchev–Trinajstić information content (AvgIpc) is 2.76. The number of thiophene rings is 1. The highest BCUT2D eigenvalue weighted by atomic mass is 79.9. The van der Waals surface area contributed by atoms with Crippen LogP contribution in [0, 0.1) is 6.92 Å². The molecule has 0 saturated heterocycles. The van der Waals surface area contributed by atoms with E-state index in [1.807, 2.05) is 12.1 Å². The Morgan fingerprint density at radius 3 is 2.79 bits per heavy atom. The lowest BCUT2D eigenvalue weighted by Gasteiger charge is -2.02. The Kier molecular flexibility index (Phi) is 3.14. The first-order chi connectivity index (χ1) is 6.68. The maximum absolute atomic E-state index is 5.34. The minimum atomic E-state index is 0.160. The quantitative estimate of drug-likeness (QED) is 0.712. The van der Waals surface area contributed by atoms with Gasteiger partial charge >= 0.3 is 0 Å². The van der Waals surface area contributed by atoms with Gasteiger partial charge in [-0.25, -0.2) is 0 Å². The second-order valence-electron chi connectivity index (χ2n) is 2.98. The Bertz CT molecular complexity index is 400. The summed E-state index contributed by atoms with van der Waals surface area (Å²) >= 11 is 8.86. The molecule has 0 saturated carbocycles. The smallest absolute Gasteiger partial charge is 0.122 e. The van der Waals surface area contributed by atoms with Crippen molar-refractivity contribution in [2.45, 2.75) is 11.8 Å². The van der Waals surface area contributed by atoms with Crippen LogP contribution < -0.4 is 0 Å². The largest absolute Gasteiger partial charge is 0.468 e. The Labute approximate surface area is 103 Å². The van der Waals surface area contributed by atoms with Gasteiger partial charge in [-0.15, -0.1) is 11.3 Å². The van der Waals surface area contributed by atoms with E-state index in [1.165, 1.54) is 14.2 Å². The first-order valence-electron chi connectivity index (χ1n) is 4.12. The van der Waals surface area contributed by atoms with Crippen LogP contribution in [0.3, 0.4) is 0 Å². The maximum atomic E-state index is 5.34. The summed E-state index contributed by atoms with van der Waals surface area (Å²) in [7, 11) is 0. The van der Waals surface area contributed by atoms with Gasteiger partial charge < -0.3 is 4.42 Å². The molecule has 2 aromatic heterocycles. The van der Waals surface area contributed by atoms with E-state index in [2.05, 4.69) is 44.8 Å². The molecule has 1 nitrogen and oxygen atoms in total. The first kappa shape index (κ1) is 10.5. The first-order valence-corrected chi connectivity index (χ1v) is 6.64. The van der Waals surface area contributed by atoms with Crippen LogP contribution in [-0.2, 0) is 0 Å². The molecule has 1 unspecified atom stereocenters. The number of rotatable bonds is 2. The van der Waals surface area contributed by atoms with Crippen molar-refractivity contribution in [3.63, 3.8) is 0 Å². The molecular weight excluding hydrogens is 328 g/mol. The monoisotopic (exact) mass is 334 g/mol. The summed E-state index contributed by atoms with van der Waals surface area (Å²) in [4.78, 5) is 1.41. The van der Waals surface area contributed by atoms with Gasteiger partial charge in [0, 0.05) is 4.88 Å². The third-order valence-electron chi connectivity index (χ3n) is 1.92. The zero-order valence-electron chi connectivity index (χ0n) is 7.46. The van der Waals surface area contributed by atoms with Gasteiger partial charge in [0.15, 0.2) is 0 Å². The van der Waals surface area contributed by atoms with Crippen molar-refractivity contribution < 1.29 is 4.42 Å². The Balaban J connectivity index is 2.32. The van der Waals surface area contributed by atoms with Crippen LogP contribution in [0.4, 0.5) is 0 Å². The number of aryl methyl sites for hydroxylation is 1. The SMILES string of the molecule is Cc1cc(C(Br)c2ccco2)sc1Br. The van der Waals surface area contributed by atoms with E-state index in [1.54, 1.807) is 17.6 Å². The van der Waals surface area contributed by atoms with Crippen LogP contribution >= 0.6 is 43.2 Å². The second kappa shape index (κ2) is 4.21. The zero-order valence-corrected chi connectivity index (χ0v) is 11.4. The highest BCUT2D eigenvalue weighted by Gasteiger charge is 2.16. The summed E-state index contributed by atoms with van der Waals surface area (Å²) in [5, 5.41) is 0. The zero-order chi connectivity index (χ0) is 10.1. The number of halogens is 2. The summed E-state index contributed by atoms with van der Waals surface area (Å²) in [5.74, 6) is 0.943. The van der Waals surface area contributed by atoms with Crippen molar-refractivity contribution in [3.8, 4) is 0 Å². The van der Waals surface area contributed by atoms with Crippen molar-refractivity contribution in [2.24, 2.45) is 0 Å². The molecule has 1 atom stereocenters. The summed E-state index contributed by atoms with van der Waals surface area (Å²) < 4.78 is 6.53. The van der Waals surface area contributed by atoms with Crippen molar-refractivity contribution in [2.75, 3.05) is 0 Å². The van der Waals surface area contributed by atoms with Crippen LogP contribution in [0.1, 0.15) is 21.0 Å². The molecule has 0 aromatic carbocycles. The van der Waals surface area contributed by atoms with E-state index in [9.17, 15) is 0 Å². The lowest BCUT2D eigenvalue weighted by atomic mass is 10.2. The molecule has 0 spiro atoms. The minimum Gasteiger partial charge on any atom is -0.468 e. The van der Waals surface area contributed by atoms with Gasteiger partial charge in [0.1, 0.15) is 10.6 Å². The predicted molar refractivity (Wildman–Crippen MR) is 66.2 cm³/mol. The fourth-order valence-corrected chi connectivity index (χ4v) is 3.41. The molecule has 0 aliphatic heterocycles. The normalized spacial score (nSPS) is 13.1. The van der Waals surface area contributed by atoms with Gasteiger partial charge in [0.2, 0.25) is 0 Å². The summed E-state index contributed by atoms with van der Waals surface area (Å²) in [6.07, 6.45) is 1.69. The number of alkyl halides is 1. The van der Waals surface area contributed by atoms with E-state index in [4.69, 9.17) is 4.42 Å². The molecule has 0 N–H and O–H groups in total. The lowest BCUT2D eigenvalue weighted by molar-refractivity contribution is 0.521. The van der Waals surface area contributed by atoms with Gasteiger partial charge in [-0.1, -0.05) is 15.9 Å². The predicted octanol–water partition coefficient (Wildman–Crippen LogP) is 4.90. The van der Waals surface area contributed by atoms with E-state index in [0.717, 1.165) is 5.76 Å². The molecular formula is C10H8Br2OS. The van der Waals surface area contributed by atoms with Gasteiger partial charge in [-0.3, -0.25) is 0 Å². The molecule has 0 fully saturated rings. The van der Waals surface area contributed by atoms with Crippen LogP contribution in [-0.4, -0.2) is 0 Å². The van der Waals surface area contributed by atoms with Crippen molar-refractivity contribution >= 4 is 43.2 Å². The van der Waals surface area contributed by atoms with Gasteiger partial charge in [0.05, 0.1) is 10.0 Å². The van der Waals surface area contributed by atoms with Crippen LogP contribution in [0.15, 0.2) is 32.7 Å². The summed E-state index contributed by atoms with van der Waals surface area (Å²) in [6.45, 7) is 2.09. The Morgan fingerprint density at radius 1 is 1.50 bits per heavy atom. The molecule has 74 valence electrons. The molecule has 4 heteroatoms. The number of hydrogen-bond donors (Lipinski definition) is 0. The molecule has 2 rings (SSSR count). The van der Waals surface area contributed by atoms with Crippen molar-refractivity contribution in [3.05, 3.63) is 44.4 Å². The fraction of sp³-hybridized carbons (Fsp3) is 0.200. The minimum absolute atomic E-state index is 0.160. The van der Waals surface area contributed by atoms with Crippen molar-refractivity contribution in [1.82, 2.24) is 0 Å². The van der Waals surface area contributed by atoms with Gasteiger partial charge in [-0.2, -0.15) is 0 Å². The summed E-state index contributed by atoms with van der Waals surface area (Å²) in [5.41, 5.74) is 1.26. The lowest BCUT2D eigenvalue weighted by Crippen LogP contribution is -1.85. The van der Waals surface area contributed by atoms with Crippen LogP contribution in [0.25, 0.3) is 0 Å². The van der Waals surface area contributed by atoms with Crippen LogP contribution in [0.5, 0.6) is 0 Å². The molecule has 0 aliphatic rings. The molecule has 0 bridgehead atoms. The van der Waals surface area contributed by atoms with E-state index >= 15 is 0 Å². The maximum Gasteiger partial charge on any atom is 0.122 e. The second-order valence-corrected chi connectivity index (χ2v) is 6.30. The highest BCUT2D eigenvalue weighted by Crippen LogP contribution is 2.38. The van der Waals surface area contributed by atoms with E-state index in [0.29, 0.717) is 0 Å². The molecule has 0 radical (unpaired) electrons. The third kappa shape index (κ3) is 1.97. The average molecular weight is 336 g/mol. The van der Waals surface area contributed by atoms with Gasteiger partial charge in [0.25, 0.3) is 0 Å².